The van der Waals surface area contributed by atoms with Crippen LogP contribution in [0.25, 0.3) is 122 Å². The Labute approximate surface area is 344 Å². The van der Waals surface area contributed by atoms with E-state index >= 15 is 0 Å². The molecular weight excluding hydrogens is 737 g/mol. The second-order valence-corrected chi connectivity index (χ2v) is 15.0. The second kappa shape index (κ2) is 13.7. The van der Waals surface area contributed by atoms with Crippen molar-refractivity contribution in [1.29, 1.82) is 0 Å². The SMILES string of the molecule is c1ccc(-c2cccc(-c3nc(-c4cccc(-c5cccc6ccccc56)c4)nc(-c4ccc5ccc6oc7ccc8oc(-c9ccccc9)nc8c7c6c5c4)n3)c2)cc1. The van der Waals surface area contributed by atoms with E-state index in [2.05, 4.69) is 140 Å². The Morgan fingerprint density at radius 2 is 0.833 bits per heavy atom. The van der Waals surface area contributed by atoms with Crippen LogP contribution in [0.3, 0.4) is 0 Å². The zero-order chi connectivity index (χ0) is 39.6. The van der Waals surface area contributed by atoms with Gasteiger partial charge in [0.15, 0.2) is 23.1 Å². The minimum absolute atomic E-state index is 0.569. The Balaban J connectivity index is 1.06. The quantitative estimate of drug-likeness (QED) is 0.168. The molecule has 0 aliphatic heterocycles. The lowest BCUT2D eigenvalue weighted by Gasteiger charge is -2.12. The monoisotopic (exact) mass is 768 g/mol. The van der Waals surface area contributed by atoms with E-state index < -0.39 is 0 Å². The van der Waals surface area contributed by atoms with Crippen molar-refractivity contribution in [2.75, 3.05) is 0 Å². The third-order valence-corrected chi connectivity index (χ3v) is 11.3. The maximum Gasteiger partial charge on any atom is 0.227 e. The van der Waals surface area contributed by atoms with Gasteiger partial charge < -0.3 is 8.83 Å². The molecule has 9 aromatic carbocycles. The Hall–Kier alpha value is -8.22. The maximum absolute atomic E-state index is 6.48. The van der Waals surface area contributed by atoms with Crippen LogP contribution in [0.2, 0.25) is 0 Å². The summed E-state index contributed by atoms with van der Waals surface area (Å²) in [5.41, 5.74) is 11.0. The highest BCUT2D eigenvalue weighted by atomic mass is 16.4. The highest BCUT2D eigenvalue weighted by Gasteiger charge is 2.20. The number of rotatable bonds is 6. The minimum atomic E-state index is 0.569. The molecule has 3 aromatic heterocycles. The van der Waals surface area contributed by atoms with E-state index in [1.54, 1.807) is 0 Å². The standard InChI is InChI=1S/C54H32N4O2/c1-3-12-33(13-4-1)37-18-9-20-39(30-37)51-56-52(40-21-10-19-38(31-40)43-23-11-17-34-14-7-8-22-42(34)43)58-53(57-51)41-25-24-35-26-27-45-48(44(35)32-41)49-46(59-45)28-29-47-50(49)55-54(60-47)36-15-5-2-6-16-36/h1-32H. The van der Waals surface area contributed by atoms with E-state index in [4.69, 9.17) is 28.8 Å². The number of aromatic nitrogens is 4. The zero-order valence-corrected chi connectivity index (χ0v) is 32.1. The van der Waals surface area contributed by atoms with Crippen molar-refractivity contribution < 1.29 is 8.83 Å². The molecule has 0 fully saturated rings. The fourth-order valence-corrected chi connectivity index (χ4v) is 8.44. The molecule has 0 atom stereocenters. The first-order valence-corrected chi connectivity index (χ1v) is 20.0. The number of benzene rings is 9. The predicted molar refractivity (Wildman–Crippen MR) is 242 cm³/mol. The average Bonchev–Trinajstić information content (AvgIpc) is 3.94. The van der Waals surface area contributed by atoms with Crippen LogP contribution in [0, 0.1) is 0 Å². The van der Waals surface area contributed by atoms with E-state index in [1.807, 2.05) is 54.6 Å². The summed E-state index contributed by atoms with van der Waals surface area (Å²) in [4.78, 5) is 20.6. The molecular formula is C54H32N4O2. The van der Waals surface area contributed by atoms with E-state index in [0.29, 0.717) is 28.9 Å². The van der Waals surface area contributed by atoms with Gasteiger partial charge in [-0.25, -0.2) is 19.9 Å². The first kappa shape index (κ1) is 33.9. The molecule has 0 aliphatic rings. The van der Waals surface area contributed by atoms with Gasteiger partial charge in [0.2, 0.25) is 5.89 Å². The van der Waals surface area contributed by atoms with Crippen LogP contribution in [0.15, 0.2) is 203 Å². The fourth-order valence-electron chi connectivity index (χ4n) is 8.44. The van der Waals surface area contributed by atoms with Crippen LogP contribution < -0.4 is 0 Å². The second-order valence-electron chi connectivity index (χ2n) is 15.0. The molecule has 280 valence electrons. The number of furan rings is 1. The van der Waals surface area contributed by atoms with Crippen LogP contribution in [-0.2, 0) is 0 Å². The molecule has 0 bridgehead atoms. The van der Waals surface area contributed by atoms with Gasteiger partial charge in [0, 0.05) is 27.6 Å². The molecule has 6 heteroatoms. The van der Waals surface area contributed by atoms with Crippen LogP contribution in [0.1, 0.15) is 0 Å². The highest BCUT2D eigenvalue weighted by Crippen LogP contribution is 2.41. The molecule has 0 saturated carbocycles. The molecule has 0 N–H and O–H groups in total. The third kappa shape index (κ3) is 5.73. The number of hydrogen-bond donors (Lipinski definition) is 0. The molecule has 0 amide bonds. The van der Waals surface area contributed by atoms with Crippen LogP contribution in [0.4, 0.5) is 0 Å². The van der Waals surface area contributed by atoms with E-state index in [1.165, 1.54) is 10.8 Å². The Bertz CT molecular complexity index is 3610. The topological polar surface area (TPSA) is 77.8 Å². The molecule has 3 heterocycles. The average molecular weight is 769 g/mol. The van der Waals surface area contributed by atoms with Crippen molar-refractivity contribution in [3.8, 4) is 67.9 Å². The first-order chi connectivity index (χ1) is 29.7. The fraction of sp³-hybridized carbons (Fsp3) is 0. The van der Waals surface area contributed by atoms with Crippen molar-refractivity contribution in [3.05, 3.63) is 194 Å². The van der Waals surface area contributed by atoms with Gasteiger partial charge in [0.05, 0.1) is 5.39 Å². The minimum Gasteiger partial charge on any atom is -0.456 e. The maximum atomic E-state index is 6.48. The number of hydrogen-bond acceptors (Lipinski definition) is 6. The largest absolute Gasteiger partial charge is 0.456 e. The van der Waals surface area contributed by atoms with E-state index in [9.17, 15) is 0 Å². The predicted octanol–water partition coefficient (Wildman–Crippen LogP) is 14.2. The van der Waals surface area contributed by atoms with Crippen LogP contribution in [-0.4, -0.2) is 19.9 Å². The molecule has 0 unspecified atom stereocenters. The lowest BCUT2D eigenvalue weighted by Crippen LogP contribution is -2.00. The van der Waals surface area contributed by atoms with E-state index in [-0.39, 0.29) is 0 Å². The number of nitrogens with zero attached hydrogens (tertiary/aromatic N) is 4. The van der Waals surface area contributed by atoms with Gasteiger partial charge in [-0.15, -0.1) is 0 Å². The van der Waals surface area contributed by atoms with Crippen molar-refractivity contribution in [3.63, 3.8) is 0 Å². The smallest absolute Gasteiger partial charge is 0.227 e. The molecule has 0 saturated heterocycles. The van der Waals surface area contributed by atoms with Crippen molar-refractivity contribution >= 4 is 54.6 Å². The summed E-state index contributed by atoms with van der Waals surface area (Å²) in [6, 6.07) is 66.6. The van der Waals surface area contributed by atoms with Gasteiger partial charge in [-0.2, -0.15) is 0 Å². The van der Waals surface area contributed by atoms with Gasteiger partial charge in [-0.05, 0) is 92.3 Å². The number of fused-ring (bicyclic) bond motifs is 8. The van der Waals surface area contributed by atoms with E-state index in [0.717, 1.165) is 82.7 Å². The summed E-state index contributed by atoms with van der Waals surface area (Å²) >= 11 is 0. The molecule has 0 radical (unpaired) electrons. The Kier molecular flexibility index (Phi) is 7.74. The molecule has 12 rings (SSSR count). The van der Waals surface area contributed by atoms with Crippen molar-refractivity contribution in [2.45, 2.75) is 0 Å². The Morgan fingerprint density at radius 1 is 0.300 bits per heavy atom. The van der Waals surface area contributed by atoms with Gasteiger partial charge in [0.1, 0.15) is 16.7 Å². The summed E-state index contributed by atoms with van der Waals surface area (Å²) in [5.74, 6) is 2.32. The van der Waals surface area contributed by atoms with Gasteiger partial charge in [-0.3, -0.25) is 0 Å². The normalized spacial score (nSPS) is 11.7. The molecule has 12 aromatic rings. The molecule has 0 spiro atoms. The summed E-state index contributed by atoms with van der Waals surface area (Å²) in [6.07, 6.45) is 0. The van der Waals surface area contributed by atoms with Crippen LogP contribution >= 0.6 is 0 Å². The lowest BCUT2D eigenvalue weighted by atomic mass is 9.97. The van der Waals surface area contributed by atoms with Crippen molar-refractivity contribution in [1.82, 2.24) is 19.9 Å². The van der Waals surface area contributed by atoms with Gasteiger partial charge in [0.25, 0.3) is 0 Å². The van der Waals surface area contributed by atoms with Gasteiger partial charge in [-0.1, -0.05) is 146 Å². The summed E-state index contributed by atoms with van der Waals surface area (Å²) in [5, 5.41) is 6.34. The summed E-state index contributed by atoms with van der Waals surface area (Å²) in [7, 11) is 0. The summed E-state index contributed by atoms with van der Waals surface area (Å²) < 4.78 is 12.8. The molecule has 0 aliphatic carbocycles. The zero-order valence-electron chi connectivity index (χ0n) is 32.1. The Morgan fingerprint density at radius 3 is 1.62 bits per heavy atom. The summed E-state index contributed by atoms with van der Waals surface area (Å²) in [6.45, 7) is 0. The molecule has 60 heavy (non-hydrogen) atoms. The first-order valence-electron chi connectivity index (χ1n) is 20.0. The lowest BCUT2D eigenvalue weighted by molar-refractivity contribution is 0.619. The highest BCUT2D eigenvalue weighted by molar-refractivity contribution is 6.25. The van der Waals surface area contributed by atoms with Gasteiger partial charge >= 0.3 is 0 Å². The van der Waals surface area contributed by atoms with Crippen molar-refractivity contribution in [2.24, 2.45) is 0 Å². The third-order valence-electron chi connectivity index (χ3n) is 11.3. The number of oxazole rings is 1. The molecule has 6 nitrogen and oxygen atoms in total. The van der Waals surface area contributed by atoms with Crippen LogP contribution in [0.5, 0.6) is 0 Å².